The quantitative estimate of drug-likeness (QED) is 0.710. The third-order valence-electron chi connectivity index (χ3n) is 3.63. The molecule has 0 aliphatic heterocycles. The largest absolute Gasteiger partial charge is 0.474 e. The van der Waals surface area contributed by atoms with Crippen molar-refractivity contribution in [1.29, 1.82) is 0 Å². The van der Waals surface area contributed by atoms with Crippen LogP contribution < -0.4 is 10.1 Å². The highest BCUT2D eigenvalue weighted by atomic mass is 35.5. The van der Waals surface area contributed by atoms with Gasteiger partial charge in [0, 0.05) is 29.7 Å². The first-order chi connectivity index (χ1) is 12.5. The van der Waals surface area contributed by atoms with E-state index in [1.807, 2.05) is 32.9 Å². The van der Waals surface area contributed by atoms with E-state index in [2.05, 4.69) is 25.5 Å². The van der Waals surface area contributed by atoms with Gasteiger partial charge >= 0.3 is 0 Å². The van der Waals surface area contributed by atoms with Gasteiger partial charge in [0.15, 0.2) is 5.82 Å². The summed E-state index contributed by atoms with van der Waals surface area (Å²) in [4.78, 5) is 20.6. The molecule has 0 saturated heterocycles. The van der Waals surface area contributed by atoms with E-state index in [0.717, 1.165) is 16.8 Å². The first-order valence-corrected chi connectivity index (χ1v) is 8.42. The number of carbonyl (C=O) groups is 1. The zero-order valence-corrected chi connectivity index (χ0v) is 15.3. The van der Waals surface area contributed by atoms with Crippen LogP contribution in [0.2, 0.25) is 5.02 Å². The Morgan fingerprint density at radius 3 is 2.69 bits per heavy atom. The van der Waals surface area contributed by atoms with E-state index in [1.54, 1.807) is 12.4 Å². The van der Waals surface area contributed by atoms with Crippen LogP contribution in [0.5, 0.6) is 5.88 Å². The van der Waals surface area contributed by atoms with Crippen LogP contribution in [0.4, 0.5) is 5.82 Å². The molecule has 0 spiro atoms. The summed E-state index contributed by atoms with van der Waals surface area (Å²) in [5, 5.41) is 10.2. The number of nitrogens with one attached hydrogen (secondary N) is 2. The van der Waals surface area contributed by atoms with Crippen LogP contribution in [0, 0.1) is 6.92 Å². The van der Waals surface area contributed by atoms with Gasteiger partial charge in [-0.1, -0.05) is 11.6 Å². The summed E-state index contributed by atoms with van der Waals surface area (Å²) in [5.74, 6) is 0.390. The van der Waals surface area contributed by atoms with Crippen LogP contribution in [0.15, 0.2) is 36.8 Å². The fourth-order valence-corrected chi connectivity index (χ4v) is 2.57. The molecule has 0 saturated carbocycles. The molecule has 3 aromatic heterocycles. The average molecular weight is 372 g/mol. The van der Waals surface area contributed by atoms with Crippen molar-refractivity contribution < 1.29 is 9.53 Å². The molecule has 0 aliphatic carbocycles. The Labute approximate surface area is 155 Å². The van der Waals surface area contributed by atoms with Gasteiger partial charge in [0.2, 0.25) is 5.88 Å². The Kier molecular flexibility index (Phi) is 5.18. The summed E-state index contributed by atoms with van der Waals surface area (Å²) in [7, 11) is 0. The minimum absolute atomic E-state index is 0.0574. The van der Waals surface area contributed by atoms with Crippen molar-refractivity contribution in [3.63, 3.8) is 0 Å². The molecule has 0 aliphatic rings. The lowest BCUT2D eigenvalue weighted by molar-refractivity contribution is 0.102. The fourth-order valence-electron chi connectivity index (χ4n) is 2.36. The normalized spacial score (nSPS) is 10.8. The fraction of sp³-hybridized carbons (Fsp3) is 0.222. The third kappa shape index (κ3) is 3.83. The van der Waals surface area contributed by atoms with Crippen LogP contribution in [-0.2, 0) is 0 Å². The van der Waals surface area contributed by atoms with Gasteiger partial charge in [-0.25, -0.2) is 4.98 Å². The van der Waals surface area contributed by atoms with Gasteiger partial charge in [-0.15, -0.1) is 0 Å². The molecule has 0 unspecified atom stereocenters. The summed E-state index contributed by atoms with van der Waals surface area (Å²) in [6.07, 6.45) is 4.76. The van der Waals surface area contributed by atoms with Crippen molar-refractivity contribution in [2.24, 2.45) is 0 Å². The third-order valence-corrected chi connectivity index (χ3v) is 3.90. The molecule has 26 heavy (non-hydrogen) atoms. The average Bonchev–Trinajstić information content (AvgIpc) is 2.97. The molecule has 0 radical (unpaired) electrons. The maximum atomic E-state index is 12.5. The number of carbonyl (C=O) groups excluding carboxylic acids is 1. The molecular formula is C18H18ClN5O2. The predicted octanol–water partition coefficient (Wildman–Crippen LogP) is 3.87. The van der Waals surface area contributed by atoms with Crippen LogP contribution in [0.1, 0.15) is 29.8 Å². The summed E-state index contributed by atoms with van der Waals surface area (Å²) in [6.45, 7) is 5.62. The van der Waals surface area contributed by atoms with Gasteiger partial charge in [-0.3, -0.25) is 14.9 Å². The van der Waals surface area contributed by atoms with E-state index in [4.69, 9.17) is 16.3 Å². The first kappa shape index (κ1) is 17.9. The minimum atomic E-state index is -0.355. The van der Waals surface area contributed by atoms with Crippen molar-refractivity contribution in [1.82, 2.24) is 20.2 Å². The second-order valence-electron chi connectivity index (χ2n) is 5.94. The monoisotopic (exact) mass is 371 g/mol. The van der Waals surface area contributed by atoms with Crippen molar-refractivity contribution in [2.75, 3.05) is 5.32 Å². The zero-order valence-electron chi connectivity index (χ0n) is 14.6. The Morgan fingerprint density at radius 2 is 2.04 bits per heavy atom. The molecule has 134 valence electrons. The lowest BCUT2D eigenvalue weighted by Gasteiger charge is -2.11. The smallest absolute Gasteiger partial charge is 0.258 e. The van der Waals surface area contributed by atoms with Gasteiger partial charge in [0.1, 0.15) is 5.02 Å². The summed E-state index contributed by atoms with van der Waals surface area (Å²) in [6, 6.07) is 5.25. The van der Waals surface area contributed by atoms with E-state index < -0.39 is 0 Å². The van der Waals surface area contributed by atoms with Gasteiger partial charge in [0.05, 0.1) is 17.4 Å². The number of H-pyrrole nitrogens is 1. The number of hydrogen-bond donors (Lipinski definition) is 2. The number of aromatic nitrogens is 4. The number of pyridine rings is 2. The molecule has 7 nitrogen and oxygen atoms in total. The summed E-state index contributed by atoms with van der Waals surface area (Å²) >= 11 is 6.14. The standard InChI is InChI=1S/C18H18ClN5O2/c1-10(2)26-18-14(19)8-13(9-21-18)17(25)22-16-11(3)15(23-24-16)12-4-6-20-7-5-12/h4-10H,1-3H3,(H2,22,23,24,25). The van der Waals surface area contributed by atoms with Crippen LogP contribution in [0.25, 0.3) is 11.3 Å². The molecule has 1 amide bonds. The van der Waals surface area contributed by atoms with E-state index in [0.29, 0.717) is 17.3 Å². The molecule has 0 aromatic carbocycles. The Bertz CT molecular complexity index is 925. The van der Waals surface area contributed by atoms with E-state index in [1.165, 1.54) is 12.3 Å². The SMILES string of the molecule is Cc1c(NC(=O)c2cnc(OC(C)C)c(Cl)c2)n[nH]c1-c1ccncc1. The van der Waals surface area contributed by atoms with Gasteiger partial charge in [-0.05, 0) is 39.0 Å². The molecule has 0 bridgehead atoms. The van der Waals surface area contributed by atoms with Crippen molar-refractivity contribution in [2.45, 2.75) is 26.9 Å². The Morgan fingerprint density at radius 1 is 1.31 bits per heavy atom. The van der Waals surface area contributed by atoms with Crippen molar-refractivity contribution >= 4 is 23.3 Å². The molecule has 3 aromatic rings. The highest BCUT2D eigenvalue weighted by molar-refractivity contribution is 6.32. The van der Waals surface area contributed by atoms with Crippen molar-refractivity contribution in [3.8, 4) is 17.1 Å². The van der Waals surface area contributed by atoms with Crippen molar-refractivity contribution in [3.05, 3.63) is 52.9 Å². The number of amides is 1. The summed E-state index contributed by atoms with van der Waals surface area (Å²) < 4.78 is 5.47. The summed E-state index contributed by atoms with van der Waals surface area (Å²) in [5.41, 5.74) is 2.90. The predicted molar refractivity (Wildman–Crippen MR) is 99.5 cm³/mol. The minimum Gasteiger partial charge on any atom is -0.474 e. The molecule has 8 heteroatoms. The number of nitrogens with zero attached hydrogens (tertiary/aromatic N) is 3. The van der Waals surface area contributed by atoms with Gasteiger partial charge < -0.3 is 10.1 Å². The maximum absolute atomic E-state index is 12.5. The molecule has 2 N–H and O–H groups in total. The number of aromatic amines is 1. The topological polar surface area (TPSA) is 92.8 Å². The van der Waals surface area contributed by atoms with Gasteiger partial charge in [-0.2, -0.15) is 5.10 Å². The molecule has 0 fully saturated rings. The second-order valence-corrected chi connectivity index (χ2v) is 6.35. The Balaban J connectivity index is 1.79. The first-order valence-electron chi connectivity index (χ1n) is 8.04. The molecule has 0 atom stereocenters. The van der Waals surface area contributed by atoms with Gasteiger partial charge in [0.25, 0.3) is 5.91 Å². The molecule has 3 heterocycles. The van der Waals surface area contributed by atoms with E-state index in [-0.39, 0.29) is 17.0 Å². The lowest BCUT2D eigenvalue weighted by Crippen LogP contribution is -2.14. The Hall–Kier alpha value is -2.93. The number of rotatable bonds is 5. The highest BCUT2D eigenvalue weighted by Gasteiger charge is 2.16. The number of halogens is 1. The number of ether oxygens (including phenoxy) is 1. The lowest BCUT2D eigenvalue weighted by atomic mass is 10.1. The highest BCUT2D eigenvalue weighted by Crippen LogP contribution is 2.27. The zero-order chi connectivity index (χ0) is 18.7. The van der Waals surface area contributed by atoms with E-state index in [9.17, 15) is 4.79 Å². The van der Waals surface area contributed by atoms with E-state index >= 15 is 0 Å². The second kappa shape index (κ2) is 7.53. The molecular weight excluding hydrogens is 354 g/mol. The van der Waals surface area contributed by atoms with Crippen LogP contribution >= 0.6 is 11.6 Å². The maximum Gasteiger partial charge on any atom is 0.258 e. The number of hydrogen-bond acceptors (Lipinski definition) is 5. The number of anilines is 1. The van der Waals surface area contributed by atoms with Crippen LogP contribution in [-0.4, -0.2) is 32.2 Å². The van der Waals surface area contributed by atoms with Crippen LogP contribution in [0.3, 0.4) is 0 Å². The molecule has 3 rings (SSSR count).